The summed E-state index contributed by atoms with van der Waals surface area (Å²) in [5, 5.41) is 0. The van der Waals surface area contributed by atoms with Crippen molar-refractivity contribution >= 4 is 60.4 Å². The van der Waals surface area contributed by atoms with Gasteiger partial charge in [0.05, 0.1) is 38.9 Å². The normalized spacial score (nSPS) is 13.8. The number of para-hydroxylation sites is 2. The number of amides is 2. The fourth-order valence-corrected chi connectivity index (χ4v) is 10.4. The number of nitrogens with zero attached hydrogens (tertiary/aromatic N) is 6. The summed E-state index contributed by atoms with van der Waals surface area (Å²) < 4.78 is 60.7. The molecule has 2 aromatic heterocycles. The molecule has 0 atom stereocenters. The van der Waals surface area contributed by atoms with E-state index in [-0.39, 0.29) is 39.0 Å². The van der Waals surface area contributed by atoms with Crippen molar-refractivity contribution in [3.05, 3.63) is 161 Å². The maximum Gasteiger partial charge on any atom is 0.266 e. The van der Waals surface area contributed by atoms with E-state index in [1.807, 2.05) is 26.0 Å². The average Bonchev–Trinajstić information content (AvgIpc) is 3.69. The minimum absolute atomic E-state index is 0.0277. The number of aryl methyl sites for hydroxylation is 3. The number of pyridine rings is 2. The summed E-state index contributed by atoms with van der Waals surface area (Å²) in [6, 6.07) is 31.0. The lowest BCUT2D eigenvalue weighted by atomic mass is 10.0. The van der Waals surface area contributed by atoms with Crippen LogP contribution in [0, 0.1) is 13.8 Å². The van der Waals surface area contributed by atoms with Gasteiger partial charge in [0, 0.05) is 38.1 Å². The van der Waals surface area contributed by atoms with Crippen LogP contribution in [0.15, 0.2) is 137 Å². The van der Waals surface area contributed by atoms with Gasteiger partial charge >= 0.3 is 0 Å². The van der Waals surface area contributed by atoms with E-state index < -0.39 is 31.9 Å². The second-order valence-corrected chi connectivity index (χ2v) is 18.1. The minimum Gasteiger partial charge on any atom is -0.306 e. The van der Waals surface area contributed by atoms with Gasteiger partial charge < -0.3 is 4.90 Å². The third kappa shape index (κ3) is 6.87. The Labute approximate surface area is 338 Å². The summed E-state index contributed by atoms with van der Waals surface area (Å²) in [6.45, 7) is 4.20. The number of aromatic nitrogens is 2. The number of hydrogen-bond acceptors (Lipinski definition) is 8. The first-order valence-corrected chi connectivity index (χ1v) is 21.7. The van der Waals surface area contributed by atoms with Gasteiger partial charge in [0.2, 0.25) is 0 Å². The molecule has 6 aromatic rings. The van der Waals surface area contributed by atoms with Gasteiger partial charge in [-0.25, -0.2) is 21.8 Å². The third-order valence-corrected chi connectivity index (χ3v) is 14.2. The highest BCUT2D eigenvalue weighted by Gasteiger charge is 2.39. The van der Waals surface area contributed by atoms with Gasteiger partial charge in [0.1, 0.15) is 10.7 Å². The highest BCUT2D eigenvalue weighted by Crippen LogP contribution is 2.42. The lowest BCUT2D eigenvalue weighted by Gasteiger charge is -2.32. The number of benzene rings is 4. The largest absolute Gasteiger partial charge is 0.306 e. The summed E-state index contributed by atoms with van der Waals surface area (Å²) in [6.07, 6.45) is 4.95. The van der Waals surface area contributed by atoms with Crippen LogP contribution in [0.5, 0.6) is 0 Å². The molecule has 0 radical (unpaired) electrons. The minimum atomic E-state index is -4.46. The van der Waals surface area contributed by atoms with Crippen LogP contribution in [-0.2, 0) is 32.9 Å². The second-order valence-electron chi connectivity index (χ2n) is 14.3. The van der Waals surface area contributed by atoms with Gasteiger partial charge in [-0.1, -0.05) is 54.1 Å². The maximum atomic E-state index is 15.3. The number of carbonyl (C=O) groups is 2. The molecule has 2 aliphatic heterocycles. The number of carbonyl (C=O) groups excluding carboxylic acids is 2. The summed E-state index contributed by atoms with van der Waals surface area (Å²) in [5.74, 6) is -1.31. The summed E-state index contributed by atoms with van der Waals surface area (Å²) in [7, 11) is -7.21. The molecule has 0 bridgehead atoms. The Morgan fingerprint density at radius 2 is 1.47 bits per heavy atom. The fourth-order valence-electron chi connectivity index (χ4n) is 7.44. The van der Waals surface area contributed by atoms with Crippen LogP contribution in [0.4, 0.5) is 28.6 Å². The summed E-state index contributed by atoms with van der Waals surface area (Å²) in [4.78, 5) is 41.6. The standard InChI is InChI=1S/C44H40N6O6S2/c1-30-18-21-34(22-19-30)47(3)57(53,54)35-12-6-11-33(28-35)43(51)50(41-23-20-31(2)29-46-41)42-36(44(52)48-26-9-14-37-39(48)16-8-25-45-37)13-7-17-40(42)58(55,56)49-27-24-32-10-4-5-15-38(32)49/h4-8,10-13,15-23,25,28-29H,9,14,24,26-27H2,1-3H3. The smallest absolute Gasteiger partial charge is 0.266 e. The Morgan fingerprint density at radius 1 is 0.724 bits per heavy atom. The molecule has 2 aliphatic rings. The second kappa shape index (κ2) is 15.2. The molecule has 12 nitrogen and oxygen atoms in total. The summed E-state index contributed by atoms with van der Waals surface area (Å²) in [5.41, 5.74) is 4.47. The van der Waals surface area contributed by atoms with Crippen molar-refractivity contribution in [2.24, 2.45) is 0 Å². The van der Waals surface area contributed by atoms with Crippen LogP contribution in [0.2, 0.25) is 0 Å². The van der Waals surface area contributed by atoms with Crippen LogP contribution in [0.3, 0.4) is 0 Å². The molecule has 8 rings (SSSR count). The molecule has 294 valence electrons. The molecule has 0 unspecified atom stereocenters. The van der Waals surface area contributed by atoms with Gasteiger partial charge in [0.25, 0.3) is 31.9 Å². The van der Waals surface area contributed by atoms with Crippen molar-refractivity contribution in [2.45, 2.75) is 42.9 Å². The van der Waals surface area contributed by atoms with Crippen molar-refractivity contribution in [3.63, 3.8) is 0 Å². The predicted octanol–water partition coefficient (Wildman–Crippen LogP) is 7.24. The first-order chi connectivity index (χ1) is 27.9. The lowest BCUT2D eigenvalue weighted by molar-refractivity contribution is 0.0985. The first-order valence-electron chi connectivity index (χ1n) is 18.8. The molecule has 0 saturated carbocycles. The molecular formula is C44H40N6O6S2. The molecule has 4 heterocycles. The number of anilines is 5. The third-order valence-electron chi connectivity index (χ3n) is 10.5. The summed E-state index contributed by atoms with van der Waals surface area (Å²) >= 11 is 0. The predicted molar refractivity (Wildman–Crippen MR) is 224 cm³/mol. The average molecular weight is 813 g/mol. The van der Waals surface area contributed by atoms with Crippen LogP contribution >= 0.6 is 0 Å². The number of fused-ring (bicyclic) bond motifs is 2. The highest BCUT2D eigenvalue weighted by atomic mass is 32.2. The van der Waals surface area contributed by atoms with Crippen molar-refractivity contribution in [1.29, 1.82) is 0 Å². The van der Waals surface area contributed by atoms with E-state index >= 15 is 13.2 Å². The molecule has 0 saturated heterocycles. The molecule has 2 amide bonds. The molecule has 14 heteroatoms. The number of hydrogen-bond donors (Lipinski definition) is 0. The number of sulfonamides is 2. The van der Waals surface area contributed by atoms with E-state index in [4.69, 9.17) is 0 Å². The van der Waals surface area contributed by atoms with E-state index in [1.54, 1.807) is 71.8 Å². The molecule has 0 aliphatic carbocycles. The zero-order valence-electron chi connectivity index (χ0n) is 32.1. The van der Waals surface area contributed by atoms with Crippen molar-refractivity contribution < 1.29 is 26.4 Å². The number of rotatable bonds is 9. The quantitative estimate of drug-likeness (QED) is 0.149. The van der Waals surface area contributed by atoms with Crippen molar-refractivity contribution in [1.82, 2.24) is 9.97 Å². The molecule has 58 heavy (non-hydrogen) atoms. The van der Waals surface area contributed by atoms with Gasteiger partial charge in [-0.05, 0) is 111 Å². The van der Waals surface area contributed by atoms with E-state index in [0.717, 1.165) is 31.6 Å². The first kappa shape index (κ1) is 38.5. The van der Waals surface area contributed by atoms with Gasteiger partial charge in [0.15, 0.2) is 0 Å². The van der Waals surface area contributed by atoms with Crippen LogP contribution in [-0.4, -0.2) is 58.8 Å². The Hall–Kier alpha value is -6.38. The Morgan fingerprint density at radius 3 is 2.24 bits per heavy atom. The lowest BCUT2D eigenvalue weighted by Crippen LogP contribution is -2.39. The zero-order chi connectivity index (χ0) is 40.8. The van der Waals surface area contributed by atoms with E-state index in [2.05, 4.69) is 9.97 Å². The Balaban J connectivity index is 1.33. The molecule has 4 aromatic carbocycles. The Bertz CT molecular complexity index is 2800. The van der Waals surface area contributed by atoms with Crippen LogP contribution in [0.1, 0.15) is 49.5 Å². The SMILES string of the molecule is Cc1ccc(N(C)S(=O)(=O)c2cccc(C(=O)N(c3ccc(C)cn3)c3c(C(=O)N4CCCc5ncccc54)cccc3S(=O)(=O)N3CCc4ccccc43)c2)cc1. The monoisotopic (exact) mass is 812 g/mol. The molecule has 0 N–H and O–H groups in total. The van der Waals surface area contributed by atoms with Crippen LogP contribution < -0.4 is 18.4 Å². The van der Waals surface area contributed by atoms with E-state index in [0.29, 0.717) is 42.9 Å². The van der Waals surface area contributed by atoms with Crippen molar-refractivity contribution in [3.8, 4) is 0 Å². The van der Waals surface area contributed by atoms with Gasteiger partial charge in [-0.3, -0.25) is 28.1 Å². The van der Waals surface area contributed by atoms with Gasteiger partial charge in [-0.15, -0.1) is 0 Å². The highest BCUT2D eigenvalue weighted by molar-refractivity contribution is 7.93. The zero-order valence-corrected chi connectivity index (χ0v) is 33.7. The Kier molecular flexibility index (Phi) is 10.1. The van der Waals surface area contributed by atoms with E-state index in [9.17, 15) is 13.2 Å². The van der Waals surface area contributed by atoms with Crippen LogP contribution in [0.25, 0.3) is 0 Å². The molecular weight excluding hydrogens is 773 g/mol. The van der Waals surface area contributed by atoms with Crippen molar-refractivity contribution in [2.75, 3.05) is 38.5 Å². The molecule has 0 fully saturated rings. The van der Waals surface area contributed by atoms with Gasteiger partial charge in [-0.2, -0.15) is 0 Å². The maximum absolute atomic E-state index is 15.3. The fraction of sp³-hybridized carbons (Fsp3) is 0.182. The topological polar surface area (TPSA) is 141 Å². The molecule has 0 spiro atoms. The van der Waals surface area contributed by atoms with E-state index in [1.165, 1.54) is 60.0 Å².